The van der Waals surface area contributed by atoms with Crippen LogP contribution in [0.5, 0.6) is 0 Å². The van der Waals surface area contributed by atoms with Crippen molar-refractivity contribution in [2.24, 2.45) is 5.92 Å². The Morgan fingerprint density at radius 1 is 1.17 bits per heavy atom. The fourth-order valence-corrected chi connectivity index (χ4v) is 3.96. The van der Waals surface area contributed by atoms with Crippen molar-refractivity contribution in [1.82, 2.24) is 25.0 Å². The second-order valence-corrected chi connectivity index (χ2v) is 6.81. The van der Waals surface area contributed by atoms with Crippen LogP contribution in [0.3, 0.4) is 0 Å². The van der Waals surface area contributed by atoms with Gasteiger partial charge in [-0.05, 0) is 51.4 Å². The molecule has 0 saturated carbocycles. The maximum absolute atomic E-state index is 4.82. The molecule has 0 amide bonds. The summed E-state index contributed by atoms with van der Waals surface area (Å²) < 4.78 is 1.95. The van der Waals surface area contributed by atoms with E-state index in [0.717, 1.165) is 38.3 Å². The summed E-state index contributed by atoms with van der Waals surface area (Å²) in [7, 11) is 0. The van der Waals surface area contributed by atoms with Gasteiger partial charge in [-0.2, -0.15) is 0 Å². The Morgan fingerprint density at radius 3 is 2.96 bits per heavy atom. The van der Waals surface area contributed by atoms with Gasteiger partial charge in [0.25, 0.3) is 0 Å². The van der Waals surface area contributed by atoms with Crippen LogP contribution in [0.2, 0.25) is 0 Å². The molecule has 23 heavy (non-hydrogen) atoms. The molecule has 2 aliphatic rings. The minimum absolute atomic E-state index is 0.611. The second kappa shape index (κ2) is 6.26. The van der Waals surface area contributed by atoms with Crippen LogP contribution in [0, 0.1) is 12.8 Å². The molecule has 1 unspecified atom stereocenters. The van der Waals surface area contributed by atoms with Gasteiger partial charge < -0.3 is 4.90 Å². The summed E-state index contributed by atoms with van der Waals surface area (Å²) in [5.74, 6) is 2.73. The van der Waals surface area contributed by atoms with Gasteiger partial charge in [0.15, 0.2) is 0 Å². The minimum atomic E-state index is 0.611. The molecule has 2 aromatic heterocycles. The molecule has 1 atom stereocenters. The number of anilines is 1. The fraction of sp³-hybridized carbons (Fsp3) is 0.647. The van der Waals surface area contributed by atoms with Crippen molar-refractivity contribution in [2.75, 3.05) is 18.0 Å². The largest absolute Gasteiger partial charge is 0.356 e. The lowest BCUT2D eigenvalue weighted by molar-refractivity contribution is 0.346. The van der Waals surface area contributed by atoms with Crippen molar-refractivity contribution >= 4 is 5.82 Å². The van der Waals surface area contributed by atoms with Crippen molar-refractivity contribution in [3.8, 4) is 0 Å². The van der Waals surface area contributed by atoms with Crippen LogP contribution in [-0.4, -0.2) is 38.1 Å². The maximum Gasteiger partial charge on any atom is 0.135 e. The second-order valence-electron chi connectivity index (χ2n) is 6.81. The molecule has 1 fully saturated rings. The normalized spacial score (nSPS) is 21.3. The SMILES string of the molecule is Cc1nc2c(c(N3CCCC(Cn4ccnn4)C3)n1)CCCC2. The molecular weight excluding hydrogens is 288 g/mol. The van der Waals surface area contributed by atoms with E-state index in [9.17, 15) is 0 Å². The van der Waals surface area contributed by atoms with Crippen LogP contribution in [0.15, 0.2) is 12.4 Å². The van der Waals surface area contributed by atoms with E-state index >= 15 is 0 Å². The molecule has 0 aromatic carbocycles. The Kier molecular flexibility index (Phi) is 3.97. The zero-order chi connectivity index (χ0) is 15.6. The van der Waals surface area contributed by atoms with E-state index in [1.54, 1.807) is 6.20 Å². The number of hydrogen-bond acceptors (Lipinski definition) is 5. The standard InChI is InChI=1S/C17H24N6/c1-13-19-16-7-3-2-6-15(16)17(20-13)22-9-4-5-14(11-22)12-23-10-8-18-21-23/h8,10,14H,2-7,9,11-12H2,1H3. The van der Waals surface area contributed by atoms with E-state index in [2.05, 4.69) is 20.2 Å². The topological polar surface area (TPSA) is 59.7 Å². The molecule has 6 heteroatoms. The smallest absolute Gasteiger partial charge is 0.135 e. The van der Waals surface area contributed by atoms with E-state index < -0.39 is 0 Å². The van der Waals surface area contributed by atoms with E-state index in [4.69, 9.17) is 4.98 Å². The van der Waals surface area contributed by atoms with Gasteiger partial charge in [-0.1, -0.05) is 5.21 Å². The summed E-state index contributed by atoms with van der Waals surface area (Å²) in [5, 5.41) is 8.03. The van der Waals surface area contributed by atoms with Crippen LogP contribution in [0.25, 0.3) is 0 Å². The quantitative estimate of drug-likeness (QED) is 0.869. The molecule has 6 nitrogen and oxygen atoms in total. The molecule has 1 aliphatic heterocycles. The maximum atomic E-state index is 4.82. The lowest BCUT2D eigenvalue weighted by Crippen LogP contribution is -2.38. The zero-order valence-electron chi connectivity index (χ0n) is 13.8. The van der Waals surface area contributed by atoms with Gasteiger partial charge in [0, 0.05) is 37.1 Å². The van der Waals surface area contributed by atoms with Gasteiger partial charge in [-0.25, -0.2) is 9.97 Å². The van der Waals surface area contributed by atoms with Crippen LogP contribution >= 0.6 is 0 Å². The third-order valence-corrected chi connectivity index (χ3v) is 5.01. The lowest BCUT2D eigenvalue weighted by atomic mass is 9.94. The predicted molar refractivity (Wildman–Crippen MR) is 88.4 cm³/mol. The Labute approximate surface area is 136 Å². The number of aryl methyl sites for hydroxylation is 2. The molecule has 2 aromatic rings. The van der Waals surface area contributed by atoms with Gasteiger partial charge in [0.1, 0.15) is 11.6 Å². The van der Waals surface area contributed by atoms with Crippen molar-refractivity contribution in [1.29, 1.82) is 0 Å². The molecular formula is C17H24N6. The third kappa shape index (κ3) is 3.07. The van der Waals surface area contributed by atoms with Gasteiger partial charge in [-0.3, -0.25) is 4.68 Å². The molecule has 1 aliphatic carbocycles. The highest BCUT2D eigenvalue weighted by molar-refractivity contribution is 5.50. The molecule has 1 saturated heterocycles. The van der Waals surface area contributed by atoms with E-state index in [1.807, 2.05) is 17.8 Å². The first kappa shape index (κ1) is 14.6. The molecule has 0 spiro atoms. The first-order chi connectivity index (χ1) is 11.3. The van der Waals surface area contributed by atoms with Crippen molar-refractivity contribution in [3.05, 3.63) is 29.5 Å². The van der Waals surface area contributed by atoms with Crippen LogP contribution in [0.4, 0.5) is 5.82 Å². The molecule has 3 heterocycles. The Morgan fingerprint density at radius 2 is 2.09 bits per heavy atom. The van der Waals surface area contributed by atoms with Gasteiger partial charge in [-0.15, -0.1) is 5.10 Å². The average Bonchev–Trinajstić information content (AvgIpc) is 3.07. The molecule has 4 rings (SSSR count). The van der Waals surface area contributed by atoms with Crippen LogP contribution < -0.4 is 4.90 Å². The van der Waals surface area contributed by atoms with Gasteiger partial charge in [0.05, 0.1) is 6.20 Å². The summed E-state index contributed by atoms with van der Waals surface area (Å²) in [6.07, 6.45) is 11.0. The first-order valence-electron chi connectivity index (χ1n) is 8.75. The molecule has 0 N–H and O–H groups in total. The Bertz CT molecular complexity index is 666. The first-order valence-corrected chi connectivity index (χ1v) is 8.75. The highest BCUT2D eigenvalue weighted by Crippen LogP contribution is 2.31. The van der Waals surface area contributed by atoms with Gasteiger partial charge >= 0.3 is 0 Å². The van der Waals surface area contributed by atoms with Crippen LogP contribution in [0.1, 0.15) is 42.8 Å². The summed E-state index contributed by atoms with van der Waals surface area (Å²) >= 11 is 0. The predicted octanol–water partition coefficient (Wildman–Crippen LogP) is 2.17. The highest BCUT2D eigenvalue weighted by Gasteiger charge is 2.26. The summed E-state index contributed by atoms with van der Waals surface area (Å²) in [6, 6.07) is 0. The van der Waals surface area contributed by atoms with E-state index in [-0.39, 0.29) is 0 Å². The van der Waals surface area contributed by atoms with E-state index in [0.29, 0.717) is 5.92 Å². The number of hydrogen-bond donors (Lipinski definition) is 0. The Balaban J connectivity index is 1.56. The monoisotopic (exact) mass is 312 g/mol. The molecule has 0 radical (unpaired) electrons. The highest BCUT2D eigenvalue weighted by atomic mass is 15.4. The molecule has 0 bridgehead atoms. The summed E-state index contributed by atoms with van der Waals surface area (Å²) in [5.41, 5.74) is 2.69. The average molecular weight is 312 g/mol. The van der Waals surface area contributed by atoms with Crippen molar-refractivity contribution in [2.45, 2.75) is 52.0 Å². The summed E-state index contributed by atoms with van der Waals surface area (Å²) in [6.45, 7) is 5.14. The van der Waals surface area contributed by atoms with E-state index in [1.165, 1.54) is 42.8 Å². The van der Waals surface area contributed by atoms with Crippen molar-refractivity contribution in [3.63, 3.8) is 0 Å². The number of nitrogens with zero attached hydrogens (tertiary/aromatic N) is 6. The molecule has 122 valence electrons. The fourth-order valence-electron chi connectivity index (χ4n) is 3.96. The number of fused-ring (bicyclic) bond motifs is 1. The number of piperidine rings is 1. The number of aromatic nitrogens is 5. The third-order valence-electron chi connectivity index (χ3n) is 5.01. The van der Waals surface area contributed by atoms with Crippen LogP contribution in [-0.2, 0) is 19.4 Å². The lowest BCUT2D eigenvalue weighted by Gasteiger charge is -2.35. The Hall–Kier alpha value is -1.98. The summed E-state index contributed by atoms with van der Waals surface area (Å²) in [4.78, 5) is 12.0. The van der Waals surface area contributed by atoms with Crippen molar-refractivity contribution < 1.29 is 0 Å². The zero-order valence-corrected chi connectivity index (χ0v) is 13.8. The van der Waals surface area contributed by atoms with Gasteiger partial charge in [0.2, 0.25) is 0 Å². The minimum Gasteiger partial charge on any atom is -0.356 e. The number of rotatable bonds is 3.